The number of rotatable bonds is 6. The summed E-state index contributed by atoms with van der Waals surface area (Å²) < 4.78 is 10.2. The van der Waals surface area contributed by atoms with Crippen molar-refractivity contribution in [3.8, 4) is 5.75 Å². The van der Waals surface area contributed by atoms with E-state index in [0.717, 1.165) is 0 Å². The molecule has 1 aliphatic rings. The lowest BCUT2D eigenvalue weighted by molar-refractivity contribution is -0.147. The zero-order valence-electron chi connectivity index (χ0n) is 15.0. The third-order valence-electron chi connectivity index (χ3n) is 4.42. The minimum atomic E-state index is -0.680. The molecule has 8 heteroatoms. The highest BCUT2D eigenvalue weighted by molar-refractivity contribution is 6.44. The molecule has 6 nitrogen and oxygen atoms in total. The van der Waals surface area contributed by atoms with Gasteiger partial charge < -0.3 is 14.4 Å². The molecule has 0 aromatic heterocycles. The minimum absolute atomic E-state index is 0.0188. The summed E-state index contributed by atoms with van der Waals surface area (Å²) in [4.78, 5) is 38.3. The highest BCUT2D eigenvalue weighted by Gasteiger charge is 2.37. The molecule has 2 aromatic rings. The van der Waals surface area contributed by atoms with Gasteiger partial charge in [0.05, 0.1) is 28.8 Å². The maximum Gasteiger partial charge on any atom is 0.311 e. The molecule has 3 rings (SSSR count). The Morgan fingerprint density at radius 1 is 1.18 bits per heavy atom. The summed E-state index contributed by atoms with van der Waals surface area (Å²) in [6, 6.07) is 11.5. The summed E-state index contributed by atoms with van der Waals surface area (Å²) in [7, 11) is 1.50. The maximum atomic E-state index is 12.3. The van der Waals surface area contributed by atoms with Gasteiger partial charge in [0.1, 0.15) is 5.75 Å². The lowest BCUT2D eigenvalue weighted by atomic mass is 10.1. The summed E-state index contributed by atoms with van der Waals surface area (Å²) in [5.41, 5.74) is 0.823. The number of anilines is 1. The predicted molar refractivity (Wildman–Crippen MR) is 105 cm³/mol. The van der Waals surface area contributed by atoms with Crippen LogP contribution in [0.1, 0.15) is 16.8 Å². The Kier molecular flexibility index (Phi) is 6.21. The molecule has 0 radical (unpaired) electrons. The van der Waals surface area contributed by atoms with Gasteiger partial charge in [-0.1, -0.05) is 41.4 Å². The Bertz CT molecular complexity index is 931. The number of amides is 1. The molecule has 146 valence electrons. The smallest absolute Gasteiger partial charge is 0.311 e. The first-order valence-corrected chi connectivity index (χ1v) is 9.24. The number of nitrogens with zero attached hydrogens (tertiary/aromatic N) is 1. The van der Waals surface area contributed by atoms with E-state index in [9.17, 15) is 14.4 Å². The van der Waals surface area contributed by atoms with Crippen molar-refractivity contribution < 1.29 is 23.9 Å². The summed E-state index contributed by atoms with van der Waals surface area (Å²) >= 11 is 12.2. The molecule has 0 unspecified atom stereocenters. The van der Waals surface area contributed by atoms with Crippen LogP contribution < -0.4 is 9.64 Å². The number of carbonyl (C=O) groups is 3. The molecule has 0 spiro atoms. The van der Waals surface area contributed by atoms with Gasteiger partial charge in [-0.05, 0) is 24.3 Å². The van der Waals surface area contributed by atoms with Gasteiger partial charge in [-0.15, -0.1) is 0 Å². The molecule has 0 aliphatic carbocycles. The average molecular weight is 422 g/mol. The van der Waals surface area contributed by atoms with Crippen LogP contribution in [0.3, 0.4) is 0 Å². The Hall–Kier alpha value is -2.57. The second kappa shape index (κ2) is 8.63. The summed E-state index contributed by atoms with van der Waals surface area (Å²) in [5, 5.41) is 0.571. The van der Waals surface area contributed by atoms with Crippen LogP contribution in [0.2, 0.25) is 10.0 Å². The van der Waals surface area contributed by atoms with Crippen molar-refractivity contribution in [3.05, 3.63) is 58.1 Å². The van der Waals surface area contributed by atoms with E-state index < -0.39 is 18.5 Å². The fourth-order valence-corrected chi connectivity index (χ4v) is 3.33. The van der Waals surface area contributed by atoms with E-state index in [1.54, 1.807) is 42.5 Å². The molecule has 2 aromatic carbocycles. The number of Topliss-reactive ketones (excluding diaryl/α,β-unsaturated/α-hetero) is 1. The van der Waals surface area contributed by atoms with Crippen molar-refractivity contribution >= 4 is 46.5 Å². The summed E-state index contributed by atoms with van der Waals surface area (Å²) in [6.07, 6.45) is -0.0188. The fourth-order valence-electron chi connectivity index (χ4n) is 2.93. The lowest BCUT2D eigenvalue weighted by Crippen LogP contribution is -2.27. The Morgan fingerprint density at radius 3 is 2.68 bits per heavy atom. The fraction of sp³-hybridized carbons (Fsp3) is 0.250. The number of carbonyl (C=O) groups excluding carboxylic acids is 3. The van der Waals surface area contributed by atoms with E-state index in [4.69, 9.17) is 32.7 Å². The SMILES string of the molecule is COc1cccc(C(=O)COC(=O)[C@H]2CC(=O)N(c3cccc(Cl)c3Cl)C2)c1. The number of benzene rings is 2. The first-order valence-electron chi connectivity index (χ1n) is 8.49. The molecule has 0 saturated carbocycles. The molecular weight excluding hydrogens is 405 g/mol. The van der Waals surface area contributed by atoms with Crippen LogP contribution in [0.5, 0.6) is 5.75 Å². The van der Waals surface area contributed by atoms with Gasteiger partial charge in [-0.3, -0.25) is 14.4 Å². The van der Waals surface area contributed by atoms with Crippen molar-refractivity contribution in [1.29, 1.82) is 0 Å². The second-order valence-corrected chi connectivity index (χ2v) is 7.03. The second-order valence-electron chi connectivity index (χ2n) is 6.24. The first kappa shape index (κ1) is 20.2. The predicted octanol–water partition coefficient (Wildman–Crippen LogP) is 3.78. The van der Waals surface area contributed by atoms with Crippen LogP contribution >= 0.6 is 23.2 Å². The van der Waals surface area contributed by atoms with Crippen molar-refractivity contribution in [2.24, 2.45) is 5.92 Å². The van der Waals surface area contributed by atoms with Crippen LogP contribution in [-0.4, -0.2) is 37.9 Å². The quantitative estimate of drug-likeness (QED) is 0.524. The molecule has 0 bridgehead atoms. The molecule has 1 fully saturated rings. The van der Waals surface area contributed by atoms with E-state index in [1.807, 2.05) is 0 Å². The van der Waals surface area contributed by atoms with Crippen LogP contribution in [-0.2, 0) is 14.3 Å². The molecule has 1 saturated heterocycles. The van der Waals surface area contributed by atoms with Crippen LogP contribution in [0.25, 0.3) is 0 Å². The van der Waals surface area contributed by atoms with Gasteiger partial charge in [0, 0.05) is 18.5 Å². The number of halogens is 2. The maximum absolute atomic E-state index is 12.3. The minimum Gasteiger partial charge on any atom is -0.497 e. The van der Waals surface area contributed by atoms with Gasteiger partial charge in [-0.2, -0.15) is 0 Å². The molecule has 0 N–H and O–H groups in total. The van der Waals surface area contributed by atoms with E-state index in [0.29, 0.717) is 22.0 Å². The zero-order chi connectivity index (χ0) is 20.3. The standard InChI is InChI=1S/C20H17Cl2NO5/c1-27-14-5-2-4-12(8-14)17(24)11-28-20(26)13-9-18(25)23(10-13)16-7-3-6-15(21)19(16)22/h2-8,13H,9-11H2,1H3/t13-/m0/s1. The third kappa shape index (κ3) is 4.29. The number of hydrogen-bond donors (Lipinski definition) is 0. The van der Waals surface area contributed by atoms with E-state index in [1.165, 1.54) is 12.0 Å². The average Bonchev–Trinajstić information content (AvgIpc) is 3.09. The van der Waals surface area contributed by atoms with Crippen LogP contribution in [0.15, 0.2) is 42.5 Å². The van der Waals surface area contributed by atoms with Gasteiger partial charge in [-0.25, -0.2) is 0 Å². The topological polar surface area (TPSA) is 72.9 Å². The highest BCUT2D eigenvalue weighted by Crippen LogP contribution is 2.35. The van der Waals surface area contributed by atoms with Crippen LogP contribution in [0.4, 0.5) is 5.69 Å². The van der Waals surface area contributed by atoms with E-state index in [-0.39, 0.29) is 29.7 Å². The van der Waals surface area contributed by atoms with E-state index >= 15 is 0 Å². The lowest BCUT2D eigenvalue weighted by Gasteiger charge is -2.18. The van der Waals surface area contributed by atoms with Gasteiger partial charge in [0.25, 0.3) is 0 Å². The summed E-state index contributed by atoms with van der Waals surface area (Å²) in [6.45, 7) is -0.292. The number of methoxy groups -OCH3 is 1. The number of ketones is 1. The van der Waals surface area contributed by atoms with Gasteiger partial charge in [0.15, 0.2) is 12.4 Å². The van der Waals surface area contributed by atoms with E-state index in [2.05, 4.69) is 0 Å². The Balaban J connectivity index is 1.61. The van der Waals surface area contributed by atoms with Gasteiger partial charge in [0.2, 0.25) is 5.91 Å². The van der Waals surface area contributed by atoms with Gasteiger partial charge >= 0.3 is 5.97 Å². The largest absolute Gasteiger partial charge is 0.497 e. The molecule has 1 aliphatic heterocycles. The van der Waals surface area contributed by atoms with Crippen molar-refractivity contribution in [3.63, 3.8) is 0 Å². The van der Waals surface area contributed by atoms with Crippen molar-refractivity contribution in [2.75, 3.05) is 25.2 Å². The van der Waals surface area contributed by atoms with Crippen LogP contribution in [0, 0.1) is 5.92 Å². The Morgan fingerprint density at radius 2 is 1.93 bits per heavy atom. The Labute approximate surface area is 171 Å². The number of hydrogen-bond acceptors (Lipinski definition) is 5. The monoisotopic (exact) mass is 421 g/mol. The highest BCUT2D eigenvalue weighted by atomic mass is 35.5. The van der Waals surface area contributed by atoms with Crippen molar-refractivity contribution in [1.82, 2.24) is 0 Å². The normalized spacial score (nSPS) is 16.2. The molecule has 28 heavy (non-hydrogen) atoms. The first-order chi connectivity index (χ1) is 13.4. The van der Waals surface area contributed by atoms with Crippen molar-refractivity contribution in [2.45, 2.75) is 6.42 Å². The third-order valence-corrected chi connectivity index (χ3v) is 5.23. The number of ether oxygens (including phenoxy) is 2. The molecule has 1 atom stereocenters. The molecule has 1 amide bonds. The zero-order valence-corrected chi connectivity index (χ0v) is 16.5. The summed E-state index contributed by atoms with van der Waals surface area (Å²) in [5.74, 6) is -1.37. The number of esters is 1. The molecule has 1 heterocycles. The molecular formula is C20H17Cl2NO5.